The maximum absolute atomic E-state index is 11.4. The first-order valence-electron chi connectivity index (χ1n) is 5.45. The van der Waals surface area contributed by atoms with E-state index in [0.717, 1.165) is 12.2 Å². The van der Waals surface area contributed by atoms with Crippen LogP contribution in [0, 0.1) is 0 Å². The first kappa shape index (κ1) is 13.8. The summed E-state index contributed by atoms with van der Waals surface area (Å²) in [7, 11) is 1.57. The molecule has 1 aromatic carbocycles. The van der Waals surface area contributed by atoms with E-state index in [4.69, 9.17) is 4.74 Å². The van der Waals surface area contributed by atoms with E-state index in [-0.39, 0.29) is 6.61 Å². The van der Waals surface area contributed by atoms with Crippen molar-refractivity contribution in [3.05, 3.63) is 36.4 Å². The Morgan fingerprint density at radius 3 is 2.44 bits per heavy atom. The Morgan fingerprint density at radius 1 is 1.22 bits per heavy atom. The highest BCUT2D eigenvalue weighted by molar-refractivity contribution is 6.02. The van der Waals surface area contributed by atoms with Crippen LogP contribution in [-0.2, 0) is 14.3 Å². The van der Waals surface area contributed by atoms with Crippen molar-refractivity contribution in [3.63, 3.8) is 0 Å². The smallest absolute Gasteiger partial charge is 0.330 e. The van der Waals surface area contributed by atoms with Crippen LogP contribution < -0.4 is 10.1 Å². The number of ether oxygens (including phenoxy) is 2. The SMILES string of the molecule is CCOC(=O)/C=C/C(=O)Nc1ccc(OC)cc1. The number of anilines is 1. The van der Waals surface area contributed by atoms with Gasteiger partial charge in [-0.05, 0) is 31.2 Å². The zero-order valence-corrected chi connectivity index (χ0v) is 10.3. The van der Waals surface area contributed by atoms with Crippen LogP contribution in [0.3, 0.4) is 0 Å². The van der Waals surface area contributed by atoms with Gasteiger partial charge in [0, 0.05) is 17.8 Å². The third-order valence-electron chi connectivity index (χ3n) is 2.01. The minimum absolute atomic E-state index is 0.281. The van der Waals surface area contributed by atoms with Crippen LogP contribution in [0.4, 0.5) is 5.69 Å². The van der Waals surface area contributed by atoms with Crippen LogP contribution in [0.1, 0.15) is 6.92 Å². The van der Waals surface area contributed by atoms with Crippen LogP contribution in [0.15, 0.2) is 36.4 Å². The fourth-order valence-electron chi connectivity index (χ4n) is 1.19. The summed E-state index contributed by atoms with van der Waals surface area (Å²) >= 11 is 0. The molecule has 18 heavy (non-hydrogen) atoms. The second kappa shape index (κ2) is 7.11. The fourth-order valence-corrected chi connectivity index (χ4v) is 1.19. The van der Waals surface area contributed by atoms with Crippen molar-refractivity contribution in [1.82, 2.24) is 0 Å². The molecule has 1 rings (SSSR count). The van der Waals surface area contributed by atoms with E-state index in [1.54, 1.807) is 38.3 Å². The molecule has 0 unspecified atom stereocenters. The summed E-state index contributed by atoms with van der Waals surface area (Å²) in [4.78, 5) is 22.4. The van der Waals surface area contributed by atoms with E-state index < -0.39 is 11.9 Å². The molecule has 1 amide bonds. The van der Waals surface area contributed by atoms with Gasteiger partial charge in [-0.25, -0.2) is 4.79 Å². The van der Waals surface area contributed by atoms with Crippen LogP contribution in [0.25, 0.3) is 0 Å². The van der Waals surface area contributed by atoms with Gasteiger partial charge in [-0.2, -0.15) is 0 Å². The standard InChI is InChI=1S/C13H15NO4/c1-3-18-13(16)9-8-12(15)14-10-4-6-11(17-2)7-5-10/h4-9H,3H2,1-2H3,(H,14,15)/b9-8+. The topological polar surface area (TPSA) is 64.6 Å². The highest BCUT2D eigenvalue weighted by Gasteiger charge is 2.00. The Bertz CT molecular complexity index is 437. The van der Waals surface area contributed by atoms with Crippen molar-refractivity contribution in [3.8, 4) is 5.75 Å². The van der Waals surface area contributed by atoms with Gasteiger partial charge in [-0.1, -0.05) is 0 Å². The summed E-state index contributed by atoms with van der Waals surface area (Å²) in [6.45, 7) is 1.98. The molecule has 0 aliphatic rings. The molecule has 0 fully saturated rings. The maximum atomic E-state index is 11.4. The predicted molar refractivity (Wildman–Crippen MR) is 67.4 cm³/mol. The Morgan fingerprint density at radius 2 is 1.89 bits per heavy atom. The molecular formula is C13H15NO4. The number of carbonyl (C=O) groups excluding carboxylic acids is 2. The molecule has 1 N–H and O–H groups in total. The number of nitrogens with one attached hydrogen (secondary N) is 1. The fraction of sp³-hybridized carbons (Fsp3) is 0.231. The van der Waals surface area contributed by atoms with Crippen molar-refractivity contribution in [1.29, 1.82) is 0 Å². The molecule has 0 spiro atoms. The minimum atomic E-state index is -0.539. The first-order chi connectivity index (χ1) is 8.65. The average molecular weight is 249 g/mol. The van der Waals surface area contributed by atoms with Crippen molar-refractivity contribution in [2.75, 3.05) is 19.0 Å². The number of esters is 1. The van der Waals surface area contributed by atoms with Gasteiger partial charge in [0.25, 0.3) is 0 Å². The lowest BCUT2D eigenvalue weighted by Gasteiger charge is -2.03. The molecule has 0 aliphatic carbocycles. The molecule has 0 aromatic heterocycles. The first-order valence-corrected chi connectivity index (χ1v) is 5.45. The monoisotopic (exact) mass is 249 g/mol. The molecule has 96 valence electrons. The molecule has 5 heteroatoms. The van der Waals surface area contributed by atoms with Crippen molar-refractivity contribution >= 4 is 17.6 Å². The minimum Gasteiger partial charge on any atom is -0.497 e. The highest BCUT2D eigenvalue weighted by Crippen LogP contribution is 2.14. The second-order valence-electron chi connectivity index (χ2n) is 3.30. The van der Waals surface area contributed by atoms with E-state index in [9.17, 15) is 9.59 Å². The number of methoxy groups -OCH3 is 1. The Balaban J connectivity index is 2.51. The van der Waals surface area contributed by atoms with Crippen molar-refractivity contribution in [2.45, 2.75) is 6.92 Å². The Labute approximate surface area is 105 Å². The maximum Gasteiger partial charge on any atom is 0.330 e. The molecule has 0 radical (unpaired) electrons. The van der Waals surface area contributed by atoms with Gasteiger partial charge >= 0.3 is 5.97 Å². The molecule has 0 heterocycles. The van der Waals surface area contributed by atoms with E-state index in [1.807, 2.05) is 0 Å². The second-order valence-corrected chi connectivity index (χ2v) is 3.30. The molecule has 0 saturated heterocycles. The summed E-state index contributed by atoms with van der Waals surface area (Å²) in [6, 6.07) is 6.86. The number of rotatable bonds is 5. The van der Waals surface area contributed by atoms with E-state index >= 15 is 0 Å². The summed E-state index contributed by atoms with van der Waals surface area (Å²) in [6.07, 6.45) is 2.21. The molecule has 0 atom stereocenters. The molecule has 5 nitrogen and oxygen atoms in total. The molecule has 0 aliphatic heterocycles. The number of hydrogen-bond donors (Lipinski definition) is 1. The van der Waals surface area contributed by atoms with Gasteiger partial charge in [0.15, 0.2) is 0 Å². The van der Waals surface area contributed by atoms with Crippen LogP contribution in [-0.4, -0.2) is 25.6 Å². The molecule has 0 bridgehead atoms. The quantitative estimate of drug-likeness (QED) is 0.638. The van der Waals surface area contributed by atoms with Crippen LogP contribution in [0.2, 0.25) is 0 Å². The van der Waals surface area contributed by atoms with Crippen LogP contribution in [0.5, 0.6) is 5.75 Å². The Kier molecular flexibility index (Phi) is 5.44. The largest absolute Gasteiger partial charge is 0.497 e. The molecular weight excluding hydrogens is 234 g/mol. The summed E-state index contributed by atoms with van der Waals surface area (Å²) in [5.41, 5.74) is 0.620. The van der Waals surface area contributed by atoms with Gasteiger partial charge in [0.2, 0.25) is 5.91 Å². The zero-order chi connectivity index (χ0) is 13.4. The number of carbonyl (C=O) groups is 2. The van der Waals surface area contributed by atoms with Gasteiger partial charge in [0.05, 0.1) is 13.7 Å². The normalized spacial score (nSPS) is 10.1. The van der Waals surface area contributed by atoms with Crippen molar-refractivity contribution < 1.29 is 19.1 Å². The highest BCUT2D eigenvalue weighted by atomic mass is 16.5. The predicted octanol–water partition coefficient (Wildman–Crippen LogP) is 1.75. The molecule has 0 saturated carbocycles. The number of benzene rings is 1. The van der Waals surface area contributed by atoms with Gasteiger partial charge in [-0.3, -0.25) is 4.79 Å². The van der Waals surface area contributed by atoms with E-state index in [0.29, 0.717) is 11.4 Å². The lowest BCUT2D eigenvalue weighted by molar-refractivity contribution is -0.137. The summed E-state index contributed by atoms with van der Waals surface area (Å²) in [5, 5.41) is 2.60. The average Bonchev–Trinajstić information content (AvgIpc) is 2.38. The molecule has 1 aromatic rings. The summed E-state index contributed by atoms with van der Waals surface area (Å²) < 4.78 is 9.64. The van der Waals surface area contributed by atoms with Crippen molar-refractivity contribution in [2.24, 2.45) is 0 Å². The van der Waals surface area contributed by atoms with E-state index in [2.05, 4.69) is 10.1 Å². The van der Waals surface area contributed by atoms with Crippen LogP contribution >= 0.6 is 0 Å². The third kappa shape index (κ3) is 4.69. The van der Waals surface area contributed by atoms with Gasteiger partial charge < -0.3 is 14.8 Å². The number of amides is 1. The van der Waals surface area contributed by atoms with Gasteiger partial charge in [0.1, 0.15) is 5.75 Å². The number of hydrogen-bond acceptors (Lipinski definition) is 4. The zero-order valence-electron chi connectivity index (χ0n) is 10.3. The Hall–Kier alpha value is -2.30. The summed E-state index contributed by atoms with van der Waals surface area (Å²) in [5.74, 6) is -0.231. The lowest BCUT2D eigenvalue weighted by Crippen LogP contribution is -2.09. The van der Waals surface area contributed by atoms with E-state index in [1.165, 1.54) is 0 Å². The van der Waals surface area contributed by atoms with Gasteiger partial charge in [-0.15, -0.1) is 0 Å². The lowest BCUT2D eigenvalue weighted by atomic mass is 10.3. The third-order valence-corrected chi connectivity index (χ3v) is 2.01.